The third-order valence-corrected chi connectivity index (χ3v) is 7.32. The first-order chi connectivity index (χ1) is 15.1. The van der Waals surface area contributed by atoms with Crippen molar-refractivity contribution in [1.29, 1.82) is 0 Å². The smallest absolute Gasteiger partial charge is 0.224 e. The highest BCUT2D eigenvalue weighted by Crippen LogP contribution is 2.31. The zero-order chi connectivity index (χ0) is 21.6. The van der Waals surface area contributed by atoms with Crippen molar-refractivity contribution < 1.29 is 9.59 Å². The van der Waals surface area contributed by atoms with Crippen LogP contribution in [-0.2, 0) is 11.2 Å². The summed E-state index contributed by atoms with van der Waals surface area (Å²) in [5.41, 5.74) is 3.47. The molecule has 0 saturated heterocycles. The number of carbonyl (C=O) groups is 2. The van der Waals surface area contributed by atoms with Crippen molar-refractivity contribution in [2.45, 2.75) is 17.2 Å². The molecule has 7 heteroatoms. The number of hydrogen-bond acceptors (Lipinski definition) is 5. The number of benzene rings is 3. The number of anilines is 1. The Morgan fingerprint density at radius 3 is 2.55 bits per heavy atom. The Labute approximate surface area is 197 Å². The standard InChI is InChI=1S/C24H19BrN2O2S2/c25-18-9-7-17(8-10-18)21(28)15-30-24-27-20-12-11-19(14-22(20)31-24)26-23(29)13-6-16-4-2-1-3-5-16/h1-5,7-12,14H,6,13,15H2,(H,26,29). The maximum atomic E-state index is 12.4. The van der Waals surface area contributed by atoms with E-state index in [1.165, 1.54) is 23.1 Å². The number of amides is 1. The Kier molecular flexibility index (Phi) is 7.17. The van der Waals surface area contributed by atoms with Crippen molar-refractivity contribution in [1.82, 2.24) is 4.98 Å². The molecule has 1 amide bonds. The SMILES string of the molecule is O=C(CCc1ccccc1)Nc1ccc2nc(SCC(=O)c3ccc(Br)cc3)sc2c1. The normalized spacial score (nSPS) is 10.9. The van der Waals surface area contributed by atoms with Crippen LogP contribution in [0.5, 0.6) is 0 Å². The van der Waals surface area contributed by atoms with E-state index in [2.05, 4.69) is 26.2 Å². The van der Waals surface area contributed by atoms with Crippen molar-refractivity contribution in [2.24, 2.45) is 0 Å². The number of ketones is 1. The van der Waals surface area contributed by atoms with Crippen LogP contribution in [0, 0.1) is 0 Å². The number of fused-ring (bicyclic) bond motifs is 1. The molecule has 156 valence electrons. The molecule has 0 unspecified atom stereocenters. The number of rotatable bonds is 8. The van der Waals surface area contributed by atoms with Gasteiger partial charge in [-0.05, 0) is 42.3 Å². The number of thiazole rings is 1. The van der Waals surface area contributed by atoms with Crippen LogP contribution in [0.25, 0.3) is 10.2 Å². The second-order valence-electron chi connectivity index (χ2n) is 6.91. The van der Waals surface area contributed by atoms with Gasteiger partial charge in [-0.2, -0.15) is 0 Å². The summed E-state index contributed by atoms with van der Waals surface area (Å²) in [5, 5.41) is 2.97. The number of halogens is 1. The highest BCUT2D eigenvalue weighted by atomic mass is 79.9. The first-order valence-electron chi connectivity index (χ1n) is 9.73. The molecule has 4 rings (SSSR count). The topological polar surface area (TPSA) is 59.1 Å². The Morgan fingerprint density at radius 2 is 1.77 bits per heavy atom. The summed E-state index contributed by atoms with van der Waals surface area (Å²) in [7, 11) is 0. The van der Waals surface area contributed by atoms with Crippen LogP contribution in [0.15, 0.2) is 81.6 Å². The number of thioether (sulfide) groups is 1. The first kappa shape index (κ1) is 21.7. The van der Waals surface area contributed by atoms with Crippen LogP contribution in [0.2, 0.25) is 0 Å². The molecule has 0 radical (unpaired) electrons. The second kappa shape index (κ2) is 10.2. The van der Waals surface area contributed by atoms with Crippen molar-refractivity contribution in [3.05, 3.63) is 88.4 Å². The average molecular weight is 511 g/mol. The molecule has 1 heterocycles. The van der Waals surface area contributed by atoms with E-state index in [0.29, 0.717) is 24.2 Å². The molecular formula is C24H19BrN2O2S2. The fraction of sp³-hybridized carbons (Fsp3) is 0.125. The van der Waals surface area contributed by atoms with Crippen LogP contribution >= 0.6 is 39.0 Å². The van der Waals surface area contributed by atoms with Gasteiger partial charge >= 0.3 is 0 Å². The predicted molar refractivity (Wildman–Crippen MR) is 132 cm³/mol. The number of aromatic nitrogens is 1. The van der Waals surface area contributed by atoms with Gasteiger partial charge in [-0.25, -0.2) is 4.98 Å². The molecule has 3 aromatic carbocycles. The molecule has 1 aromatic heterocycles. The fourth-order valence-corrected chi connectivity index (χ4v) is 5.28. The van der Waals surface area contributed by atoms with Crippen molar-refractivity contribution >= 4 is 66.6 Å². The summed E-state index contributed by atoms with van der Waals surface area (Å²) >= 11 is 6.35. The summed E-state index contributed by atoms with van der Waals surface area (Å²) < 4.78 is 2.78. The Bertz CT molecular complexity index is 1210. The summed E-state index contributed by atoms with van der Waals surface area (Å²) in [6.07, 6.45) is 1.15. The van der Waals surface area contributed by atoms with Crippen LogP contribution in [0.3, 0.4) is 0 Å². The minimum absolute atomic E-state index is 0.0117. The largest absolute Gasteiger partial charge is 0.326 e. The lowest BCUT2D eigenvalue weighted by molar-refractivity contribution is -0.116. The molecule has 0 aliphatic rings. The molecule has 1 N–H and O–H groups in total. The monoisotopic (exact) mass is 510 g/mol. The van der Waals surface area contributed by atoms with E-state index in [1.54, 1.807) is 0 Å². The molecule has 0 atom stereocenters. The Balaban J connectivity index is 1.34. The van der Waals surface area contributed by atoms with Gasteiger partial charge in [-0.3, -0.25) is 9.59 Å². The van der Waals surface area contributed by atoms with Crippen molar-refractivity contribution in [2.75, 3.05) is 11.1 Å². The summed E-state index contributed by atoms with van der Waals surface area (Å²) in [5.74, 6) is 0.399. The van der Waals surface area contributed by atoms with E-state index in [0.717, 1.165) is 30.3 Å². The summed E-state index contributed by atoms with van der Waals surface area (Å²) in [6, 6.07) is 23.1. The molecule has 0 spiro atoms. The third-order valence-electron chi connectivity index (χ3n) is 4.63. The summed E-state index contributed by atoms with van der Waals surface area (Å²) in [6.45, 7) is 0. The van der Waals surface area contributed by atoms with E-state index >= 15 is 0 Å². The van der Waals surface area contributed by atoms with Crippen LogP contribution in [0.4, 0.5) is 5.69 Å². The van der Waals surface area contributed by atoms with Gasteiger partial charge in [0.05, 0.1) is 16.0 Å². The number of hydrogen-bond donors (Lipinski definition) is 1. The molecule has 0 bridgehead atoms. The van der Waals surface area contributed by atoms with Gasteiger partial charge in [-0.15, -0.1) is 11.3 Å². The van der Waals surface area contributed by atoms with Crippen molar-refractivity contribution in [3.8, 4) is 0 Å². The van der Waals surface area contributed by atoms with Gasteiger partial charge in [0.2, 0.25) is 5.91 Å². The maximum absolute atomic E-state index is 12.4. The lowest BCUT2D eigenvalue weighted by Gasteiger charge is -2.05. The average Bonchev–Trinajstić information content (AvgIpc) is 3.19. The fourth-order valence-electron chi connectivity index (χ4n) is 3.02. The molecule has 4 aromatic rings. The van der Waals surface area contributed by atoms with Gasteiger partial charge in [0.1, 0.15) is 0 Å². The lowest BCUT2D eigenvalue weighted by Crippen LogP contribution is -2.12. The highest BCUT2D eigenvalue weighted by molar-refractivity contribution is 9.10. The maximum Gasteiger partial charge on any atom is 0.224 e. The second-order valence-corrected chi connectivity index (χ2v) is 10.1. The number of nitrogens with zero attached hydrogens (tertiary/aromatic N) is 1. The van der Waals surface area contributed by atoms with E-state index < -0.39 is 0 Å². The van der Waals surface area contributed by atoms with Gasteiger partial charge in [0, 0.05) is 22.1 Å². The minimum atomic E-state index is -0.0117. The number of carbonyl (C=O) groups excluding carboxylic acids is 2. The van der Waals surface area contributed by atoms with Crippen LogP contribution in [-0.4, -0.2) is 22.4 Å². The third kappa shape index (κ3) is 6.03. The molecule has 0 fully saturated rings. The van der Waals surface area contributed by atoms with Crippen LogP contribution in [0.1, 0.15) is 22.3 Å². The molecule has 0 aliphatic heterocycles. The molecule has 4 nitrogen and oxygen atoms in total. The zero-order valence-electron chi connectivity index (χ0n) is 16.5. The van der Waals surface area contributed by atoms with Crippen molar-refractivity contribution in [3.63, 3.8) is 0 Å². The Morgan fingerprint density at radius 1 is 1.00 bits per heavy atom. The first-order valence-corrected chi connectivity index (χ1v) is 12.3. The van der Waals surface area contributed by atoms with Gasteiger partial charge in [0.15, 0.2) is 10.1 Å². The van der Waals surface area contributed by atoms with E-state index in [4.69, 9.17) is 0 Å². The zero-order valence-corrected chi connectivity index (χ0v) is 19.7. The van der Waals surface area contributed by atoms with E-state index in [1.807, 2.05) is 72.8 Å². The molecular weight excluding hydrogens is 492 g/mol. The molecule has 0 aliphatic carbocycles. The van der Waals surface area contributed by atoms with Gasteiger partial charge in [-0.1, -0.05) is 70.2 Å². The minimum Gasteiger partial charge on any atom is -0.326 e. The lowest BCUT2D eigenvalue weighted by atomic mass is 10.1. The van der Waals surface area contributed by atoms with Gasteiger partial charge in [0.25, 0.3) is 0 Å². The summed E-state index contributed by atoms with van der Waals surface area (Å²) in [4.78, 5) is 29.3. The van der Waals surface area contributed by atoms with Crippen LogP contribution < -0.4 is 5.32 Å². The predicted octanol–water partition coefficient (Wildman–Crippen LogP) is 6.61. The molecule has 0 saturated carbocycles. The number of nitrogens with one attached hydrogen (secondary N) is 1. The highest BCUT2D eigenvalue weighted by Gasteiger charge is 2.11. The van der Waals surface area contributed by atoms with Gasteiger partial charge < -0.3 is 5.32 Å². The van der Waals surface area contributed by atoms with E-state index in [9.17, 15) is 9.59 Å². The quantitative estimate of drug-likeness (QED) is 0.214. The Hall–Kier alpha value is -2.48. The number of aryl methyl sites for hydroxylation is 1. The number of Topliss-reactive ketones (excluding diaryl/α,β-unsaturated/α-hetero) is 1. The molecule has 31 heavy (non-hydrogen) atoms. The van der Waals surface area contributed by atoms with E-state index in [-0.39, 0.29) is 11.7 Å².